The zero-order chi connectivity index (χ0) is 18.1. The van der Waals surface area contributed by atoms with Crippen molar-refractivity contribution in [3.05, 3.63) is 54.1 Å². The molecule has 1 saturated carbocycles. The highest BCUT2D eigenvalue weighted by Gasteiger charge is 2.27. The van der Waals surface area contributed by atoms with Gasteiger partial charge in [-0.15, -0.1) is 0 Å². The lowest BCUT2D eigenvalue weighted by molar-refractivity contribution is -0.129. The van der Waals surface area contributed by atoms with Crippen molar-refractivity contribution in [1.82, 2.24) is 10.5 Å². The van der Waals surface area contributed by atoms with E-state index in [0.29, 0.717) is 16.8 Å². The fourth-order valence-corrected chi connectivity index (χ4v) is 2.69. The fraction of sp³-hybridized carbons (Fsp3) is 0.250. The number of fused-ring (bicyclic) bond motifs is 1. The Morgan fingerprint density at radius 1 is 1.19 bits per heavy atom. The van der Waals surface area contributed by atoms with E-state index in [1.54, 1.807) is 25.1 Å². The molecule has 0 bridgehead atoms. The van der Waals surface area contributed by atoms with Gasteiger partial charge in [0.15, 0.2) is 11.9 Å². The predicted molar refractivity (Wildman–Crippen MR) is 95.5 cm³/mol. The van der Waals surface area contributed by atoms with Crippen LogP contribution in [0.2, 0.25) is 0 Å². The molecule has 1 amide bonds. The Bertz CT molecular complexity index is 960. The summed E-state index contributed by atoms with van der Waals surface area (Å²) < 4.78 is 10.7. The van der Waals surface area contributed by atoms with E-state index in [4.69, 9.17) is 9.26 Å². The lowest BCUT2D eigenvalue weighted by Crippen LogP contribution is -2.37. The molecule has 4 rings (SSSR count). The van der Waals surface area contributed by atoms with Gasteiger partial charge < -0.3 is 14.6 Å². The Kier molecular flexibility index (Phi) is 4.16. The van der Waals surface area contributed by atoms with Gasteiger partial charge in [-0.2, -0.15) is 0 Å². The Hall–Kier alpha value is -3.15. The molecular formula is C20H18N2O4. The molecule has 1 aromatic heterocycles. The van der Waals surface area contributed by atoms with Crippen molar-refractivity contribution in [1.29, 1.82) is 0 Å². The molecule has 0 unspecified atom stereocenters. The van der Waals surface area contributed by atoms with Crippen LogP contribution in [0, 0.1) is 0 Å². The summed E-state index contributed by atoms with van der Waals surface area (Å²) in [7, 11) is 0. The highest BCUT2D eigenvalue weighted by atomic mass is 16.5. The number of carbonyl (C=O) groups is 2. The standard InChI is InChI=1S/C20H18N2O4/c1-12(19(23)21-15-8-9-15)25-20(24)14-7-10-17-16(11-14)18(26-22-17)13-5-3-2-4-6-13/h2-7,10-12,15H,8-9H2,1H3,(H,21,23)/t12-/m1/s1. The number of esters is 1. The van der Waals surface area contributed by atoms with E-state index in [-0.39, 0.29) is 11.9 Å². The molecule has 3 aromatic rings. The van der Waals surface area contributed by atoms with Crippen molar-refractivity contribution < 1.29 is 18.8 Å². The molecule has 1 heterocycles. The first-order chi connectivity index (χ1) is 12.6. The average molecular weight is 350 g/mol. The Morgan fingerprint density at radius 3 is 2.69 bits per heavy atom. The van der Waals surface area contributed by atoms with Crippen LogP contribution in [0.3, 0.4) is 0 Å². The second-order valence-corrected chi connectivity index (χ2v) is 6.44. The van der Waals surface area contributed by atoms with Gasteiger partial charge in [0.2, 0.25) is 0 Å². The van der Waals surface area contributed by atoms with Gasteiger partial charge in [-0.25, -0.2) is 4.79 Å². The van der Waals surface area contributed by atoms with Gasteiger partial charge >= 0.3 is 5.97 Å². The summed E-state index contributed by atoms with van der Waals surface area (Å²) in [6, 6.07) is 14.8. The molecule has 2 aromatic carbocycles. The maximum atomic E-state index is 12.4. The largest absolute Gasteiger partial charge is 0.449 e. The zero-order valence-electron chi connectivity index (χ0n) is 14.3. The number of carbonyl (C=O) groups excluding carboxylic acids is 2. The molecule has 1 N–H and O–H groups in total. The van der Waals surface area contributed by atoms with Gasteiger partial charge in [-0.1, -0.05) is 35.5 Å². The van der Waals surface area contributed by atoms with Crippen LogP contribution in [-0.4, -0.2) is 29.2 Å². The van der Waals surface area contributed by atoms with Crippen molar-refractivity contribution in [2.75, 3.05) is 0 Å². The molecule has 1 aliphatic rings. The van der Waals surface area contributed by atoms with Gasteiger partial charge in [-0.3, -0.25) is 4.79 Å². The lowest BCUT2D eigenvalue weighted by Gasteiger charge is -2.13. The third-order valence-corrected chi connectivity index (χ3v) is 4.32. The van der Waals surface area contributed by atoms with E-state index in [0.717, 1.165) is 23.8 Å². The number of hydrogen-bond acceptors (Lipinski definition) is 5. The second kappa shape index (κ2) is 6.63. The summed E-state index contributed by atoms with van der Waals surface area (Å²) >= 11 is 0. The summed E-state index contributed by atoms with van der Waals surface area (Å²) in [5, 5.41) is 7.58. The average Bonchev–Trinajstić information content (AvgIpc) is 3.37. The topological polar surface area (TPSA) is 81.4 Å². The van der Waals surface area contributed by atoms with Crippen LogP contribution in [0.25, 0.3) is 22.2 Å². The first kappa shape index (κ1) is 16.3. The first-order valence-corrected chi connectivity index (χ1v) is 8.58. The summed E-state index contributed by atoms with van der Waals surface area (Å²) in [4.78, 5) is 24.4. The number of rotatable bonds is 5. The van der Waals surface area contributed by atoms with E-state index in [9.17, 15) is 9.59 Å². The van der Waals surface area contributed by atoms with E-state index in [2.05, 4.69) is 10.5 Å². The molecule has 0 spiro atoms. The van der Waals surface area contributed by atoms with E-state index in [1.807, 2.05) is 30.3 Å². The van der Waals surface area contributed by atoms with Crippen LogP contribution in [0.15, 0.2) is 53.1 Å². The fourth-order valence-electron chi connectivity index (χ4n) is 2.69. The number of aromatic nitrogens is 1. The van der Waals surface area contributed by atoms with Crippen LogP contribution < -0.4 is 5.32 Å². The Labute approximate surface area is 150 Å². The highest BCUT2D eigenvalue weighted by Crippen LogP contribution is 2.29. The molecule has 0 aliphatic heterocycles. The molecule has 132 valence electrons. The summed E-state index contributed by atoms with van der Waals surface area (Å²) in [6.45, 7) is 1.57. The maximum Gasteiger partial charge on any atom is 0.338 e. The smallest absolute Gasteiger partial charge is 0.338 e. The first-order valence-electron chi connectivity index (χ1n) is 8.58. The summed E-state index contributed by atoms with van der Waals surface area (Å²) in [6.07, 6.45) is 1.13. The molecule has 26 heavy (non-hydrogen) atoms. The van der Waals surface area contributed by atoms with Gasteiger partial charge in [0.05, 0.1) is 10.9 Å². The van der Waals surface area contributed by atoms with Crippen LogP contribution in [0.1, 0.15) is 30.1 Å². The number of amides is 1. The van der Waals surface area contributed by atoms with Gasteiger partial charge in [0.1, 0.15) is 5.52 Å². The summed E-state index contributed by atoms with van der Waals surface area (Å²) in [5.74, 6) is -0.225. The normalized spacial score (nSPS) is 14.8. The lowest BCUT2D eigenvalue weighted by atomic mass is 10.1. The molecule has 1 atom stereocenters. The maximum absolute atomic E-state index is 12.4. The Balaban J connectivity index is 1.56. The third-order valence-electron chi connectivity index (χ3n) is 4.32. The molecular weight excluding hydrogens is 332 g/mol. The van der Waals surface area contributed by atoms with Crippen molar-refractivity contribution in [2.45, 2.75) is 31.9 Å². The SMILES string of the molecule is C[C@@H](OC(=O)c1ccc2noc(-c3ccccc3)c2c1)C(=O)NC1CC1. The molecule has 6 heteroatoms. The third kappa shape index (κ3) is 3.31. The van der Waals surface area contributed by atoms with Gasteiger partial charge in [0, 0.05) is 11.6 Å². The number of ether oxygens (including phenoxy) is 1. The number of nitrogens with one attached hydrogen (secondary N) is 1. The molecule has 0 radical (unpaired) electrons. The van der Waals surface area contributed by atoms with Crippen LogP contribution >= 0.6 is 0 Å². The number of hydrogen-bond donors (Lipinski definition) is 1. The Morgan fingerprint density at radius 2 is 1.96 bits per heavy atom. The molecule has 0 saturated heterocycles. The molecule has 6 nitrogen and oxygen atoms in total. The van der Waals surface area contributed by atoms with E-state index >= 15 is 0 Å². The van der Waals surface area contributed by atoms with Gasteiger partial charge in [0.25, 0.3) is 5.91 Å². The molecule has 1 fully saturated rings. The van der Waals surface area contributed by atoms with Crippen LogP contribution in [0.5, 0.6) is 0 Å². The predicted octanol–water partition coefficient (Wildman–Crippen LogP) is 3.32. The van der Waals surface area contributed by atoms with Gasteiger partial charge in [-0.05, 0) is 38.0 Å². The van der Waals surface area contributed by atoms with Crippen molar-refractivity contribution in [3.63, 3.8) is 0 Å². The highest BCUT2D eigenvalue weighted by molar-refractivity contribution is 5.99. The van der Waals surface area contributed by atoms with E-state index < -0.39 is 12.1 Å². The minimum Gasteiger partial charge on any atom is -0.449 e. The van der Waals surface area contributed by atoms with Crippen molar-refractivity contribution in [2.24, 2.45) is 0 Å². The van der Waals surface area contributed by atoms with Crippen molar-refractivity contribution >= 4 is 22.8 Å². The van der Waals surface area contributed by atoms with E-state index in [1.165, 1.54) is 0 Å². The second-order valence-electron chi connectivity index (χ2n) is 6.44. The van der Waals surface area contributed by atoms with Crippen molar-refractivity contribution in [3.8, 4) is 11.3 Å². The van der Waals surface area contributed by atoms with Crippen LogP contribution in [-0.2, 0) is 9.53 Å². The quantitative estimate of drug-likeness (QED) is 0.714. The molecule has 1 aliphatic carbocycles. The minimum atomic E-state index is -0.838. The summed E-state index contributed by atoms with van der Waals surface area (Å²) in [5.41, 5.74) is 1.88. The minimum absolute atomic E-state index is 0.227. The zero-order valence-corrected chi connectivity index (χ0v) is 14.3. The van der Waals surface area contributed by atoms with Crippen LogP contribution in [0.4, 0.5) is 0 Å². The number of benzene rings is 2. The monoisotopic (exact) mass is 350 g/mol. The number of nitrogens with zero attached hydrogens (tertiary/aromatic N) is 1.